The molecule has 232 valence electrons. The Labute approximate surface area is 253 Å². The van der Waals surface area contributed by atoms with Crippen LogP contribution in [-0.2, 0) is 36.7 Å². The van der Waals surface area contributed by atoms with Crippen LogP contribution in [0.25, 0.3) is 10.9 Å². The van der Waals surface area contributed by atoms with Crippen LogP contribution in [0.5, 0.6) is 0 Å². The van der Waals surface area contributed by atoms with Crippen molar-refractivity contribution in [2.45, 2.75) is 78.0 Å². The van der Waals surface area contributed by atoms with Gasteiger partial charge >= 0.3 is 12.1 Å². The van der Waals surface area contributed by atoms with Crippen molar-refractivity contribution < 1.29 is 28.7 Å². The summed E-state index contributed by atoms with van der Waals surface area (Å²) in [6.45, 7) is 10.2. The number of aromatic nitrogens is 1. The highest BCUT2D eigenvalue weighted by atomic mass is 16.6. The molecule has 0 saturated heterocycles. The van der Waals surface area contributed by atoms with Gasteiger partial charge in [-0.05, 0) is 71.6 Å². The first-order chi connectivity index (χ1) is 20.3. The molecular weight excluding hydrogens is 548 g/mol. The van der Waals surface area contributed by atoms with Crippen molar-refractivity contribution in [3.8, 4) is 0 Å². The molecule has 43 heavy (non-hydrogen) atoms. The average Bonchev–Trinajstić information content (AvgIpc) is 3.33. The van der Waals surface area contributed by atoms with Crippen LogP contribution >= 0.6 is 0 Å². The third-order valence-corrected chi connectivity index (χ3v) is 6.76. The number of aryl methyl sites for hydroxylation is 1. The van der Waals surface area contributed by atoms with E-state index in [1.807, 2.05) is 60.8 Å². The largest absolute Gasteiger partial charge is 0.465 e. The molecule has 0 spiro atoms. The number of fused-ring (bicyclic) bond motifs is 1. The summed E-state index contributed by atoms with van der Waals surface area (Å²) >= 11 is 0. The molecule has 0 aliphatic heterocycles. The van der Waals surface area contributed by atoms with Gasteiger partial charge in [0.25, 0.3) is 0 Å². The highest BCUT2D eigenvalue weighted by Gasteiger charge is 2.36. The van der Waals surface area contributed by atoms with Crippen molar-refractivity contribution in [1.29, 1.82) is 0 Å². The lowest BCUT2D eigenvalue weighted by atomic mass is 10.00. The summed E-state index contributed by atoms with van der Waals surface area (Å²) in [7, 11) is 0. The standard InChI is InChI=1S/C33H44N4O6/c1-7-42-28(38)22-37(19-13-16-23-14-9-8-10-15-23)29(39)27(20-24-21-34-26-18-12-11-17-25(24)26)35-30(40)33(5,6)36-31(41)43-32(2,3)4/h8-12,14-15,17-18,21,27,34H,7,13,16,19-20,22H2,1-6H3,(H,35,40)(H,36,41). The Bertz CT molecular complexity index is 1390. The van der Waals surface area contributed by atoms with Gasteiger partial charge in [0, 0.05) is 30.1 Å². The molecule has 0 aliphatic rings. The number of carbonyl (C=O) groups excluding carboxylic acids is 4. The molecule has 1 aromatic heterocycles. The number of rotatable bonds is 13. The molecule has 0 radical (unpaired) electrons. The van der Waals surface area contributed by atoms with Gasteiger partial charge in [-0.25, -0.2) is 4.79 Å². The van der Waals surface area contributed by atoms with Gasteiger partial charge in [-0.3, -0.25) is 14.4 Å². The molecule has 0 saturated carbocycles. The number of amides is 3. The molecule has 3 amide bonds. The summed E-state index contributed by atoms with van der Waals surface area (Å²) in [6, 6.07) is 16.5. The Morgan fingerprint density at radius 1 is 0.953 bits per heavy atom. The summed E-state index contributed by atoms with van der Waals surface area (Å²) < 4.78 is 10.5. The number of carbonyl (C=O) groups is 4. The van der Waals surface area contributed by atoms with Gasteiger partial charge in [0.05, 0.1) is 6.61 Å². The molecule has 3 aromatic rings. The molecule has 0 fully saturated rings. The van der Waals surface area contributed by atoms with Crippen LogP contribution in [0, 0.1) is 0 Å². The number of esters is 1. The van der Waals surface area contributed by atoms with Crippen LogP contribution in [0.15, 0.2) is 60.8 Å². The zero-order chi connectivity index (χ0) is 31.6. The average molecular weight is 593 g/mol. The summed E-state index contributed by atoms with van der Waals surface area (Å²) in [5.41, 5.74) is 0.684. The number of alkyl carbamates (subject to hydrolysis) is 1. The molecule has 3 rings (SSSR count). The van der Waals surface area contributed by atoms with E-state index < -0.39 is 41.1 Å². The normalized spacial score (nSPS) is 12.3. The maximum absolute atomic E-state index is 14.1. The lowest BCUT2D eigenvalue weighted by molar-refractivity contribution is -0.150. The van der Waals surface area contributed by atoms with Crippen LogP contribution in [0.4, 0.5) is 4.79 Å². The first-order valence-electron chi connectivity index (χ1n) is 14.6. The van der Waals surface area contributed by atoms with Crippen molar-refractivity contribution in [2.24, 2.45) is 0 Å². The Balaban J connectivity index is 1.87. The number of nitrogens with zero attached hydrogens (tertiary/aromatic N) is 1. The van der Waals surface area contributed by atoms with Gasteiger partial charge in [0.15, 0.2) is 0 Å². The van der Waals surface area contributed by atoms with Gasteiger partial charge < -0.3 is 30.0 Å². The third-order valence-electron chi connectivity index (χ3n) is 6.76. The molecule has 2 aromatic carbocycles. The number of nitrogens with one attached hydrogen (secondary N) is 3. The highest BCUT2D eigenvalue weighted by molar-refractivity contribution is 5.95. The van der Waals surface area contributed by atoms with E-state index in [9.17, 15) is 19.2 Å². The summed E-state index contributed by atoms with van der Waals surface area (Å²) in [5.74, 6) is -1.52. The topological polar surface area (TPSA) is 130 Å². The number of H-pyrrole nitrogens is 1. The summed E-state index contributed by atoms with van der Waals surface area (Å²) in [4.78, 5) is 57.4. The molecule has 1 heterocycles. The number of para-hydroxylation sites is 1. The van der Waals surface area contributed by atoms with E-state index in [4.69, 9.17) is 9.47 Å². The van der Waals surface area contributed by atoms with Crippen LogP contribution < -0.4 is 10.6 Å². The quantitative estimate of drug-likeness (QED) is 0.250. The fourth-order valence-corrected chi connectivity index (χ4v) is 4.64. The van der Waals surface area contributed by atoms with E-state index >= 15 is 0 Å². The van der Waals surface area contributed by atoms with Crippen molar-refractivity contribution in [3.05, 3.63) is 71.9 Å². The van der Waals surface area contributed by atoms with Gasteiger partial charge in [-0.15, -0.1) is 0 Å². The van der Waals surface area contributed by atoms with Crippen molar-refractivity contribution >= 4 is 34.8 Å². The van der Waals surface area contributed by atoms with E-state index in [1.165, 1.54) is 18.7 Å². The molecule has 1 atom stereocenters. The lowest BCUT2D eigenvalue weighted by Crippen LogP contribution is -2.60. The summed E-state index contributed by atoms with van der Waals surface area (Å²) in [6.07, 6.45) is 2.53. The number of aromatic amines is 1. The van der Waals surface area contributed by atoms with Gasteiger partial charge in [0.1, 0.15) is 23.7 Å². The van der Waals surface area contributed by atoms with Crippen molar-refractivity contribution in [2.75, 3.05) is 19.7 Å². The van der Waals surface area contributed by atoms with E-state index in [1.54, 1.807) is 27.7 Å². The number of ether oxygens (including phenoxy) is 2. The Morgan fingerprint density at radius 3 is 2.30 bits per heavy atom. The Hall–Kier alpha value is -4.34. The lowest BCUT2D eigenvalue weighted by Gasteiger charge is -2.31. The van der Waals surface area contributed by atoms with Crippen LogP contribution in [-0.4, -0.2) is 70.6 Å². The smallest absolute Gasteiger partial charge is 0.408 e. The third kappa shape index (κ3) is 10.2. The molecule has 3 N–H and O–H groups in total. The van der Waals surface area contributed by atoms with Crippen LogP contribution in [0.2, 0.25) is 0 Å². The van der Waals surface area contributed by atoms with Gasteiger partial charge in [-0.1, -0.05) is 48.5 Å². The van der Waals surface area contributed by atoms with Crippen LogP contribution in [0.3, 0.4) is 0 Å². The second-order valence-electron chi connectivity index (χ2n) is 12.0. The molecule has 10 heteroatoms. The van der Waals surface area contributed by atoms with E-state index in [2.05, 4.69) is 15.6 Å². The maximum Gasteiger partial charge on any atom is 0.408 e. The number of hydrogen-bond donors (Lipinski definition) is 3. The maximum atomic E-state index is 14.1. The molecule has 0 aliphatic carbocycles. The summed E-state index contributed by atoms with van der Waals surface area (Å²) in [5, 5.41) is 6.37. The fourth-order valence-electron chi connectivity index (χ4n) is 4.64. The minimum atomic E-state index is -1.40. The van der Waals surface area contributed by atoms with E-state index in [0.29, 0.717) is 12.8 Å². The zero-order valence-corrected chi connectivity index (χ0v) is 26.0. The minimum absolute atomic E-state index is 0.162. The van der Waals surface area contributed by atoms with Crippen molar-refractivity contribution in [1.82, 2.24) is 20.5 Å². The van der Waals surface area contributed by atoms with E-state index in [-0.39, 0.29) is 26.1 Å². The second kappa shape index (κ2) is 14.7. The van der Waals surface area contributed by atoms with Crippen LogP contribution in [0.1, 0.15) is 59.1 Å². The molecule has 10 nitrogen and oxygen atoms in total. The zero-order valence-electron chi connectivity index (χ0n) is 26.0. The monoisotopic (exact) mass is 592 g/mol. The van der Waals surface area contributed by atoms with E-state index in [0.717, 1.165) is 22.0 Å². The molecule has 1 unspecified atom stereocenters. The molecular formula is C33H44N4O6. The second-order valence-corrected chi connectivity index (χ2v) is 12.0. The first-order valence-corrected chi connectivity index (χ1v) is 14.6. The SMILES string of the molecule is CCOC(=O)CN(CCCc1ccccc1)C(=O)C(Cc1c[nH]c2ccccc12)NC(=O)C(C)(C)NC(=O)OC(C)(C)C. The Kier molecular flexibility index (Phi) is 11.3. The number of hydrogen-bond acceptors (Lipinski definition) is 6. The Morgan fingerprint density at radius 2 is 1.63 bits per heavy atom. The highest BCUT2D eigenvalue weighted by Crippen LogP contribution is 2.20. The van der Waals surface area contributed by atoms with Crippen molar-refractivity contribution in [3.63, 3.8) is 0 Å². The number of benzene rings is 2. The molecule has 0 bridgehead atoms. The first kappa shape index (κ1) is 33.2. The van der Waals surface area contributed by atoms with Gasteiger partial charge in [0.2, 0.25) is 11.8 Å². The predicted octanol–water partition coefficient (Wildman–Crippen LogP) is 4.52. The minimum Gasteiger partial charge on any atom is -0.465 e. The fraction of sp³-hybridized carbons (Fsp3) is 0.455. The van der Waals surface area contributed by atoms with Gasteiger partial charge in [-0.2, -0.15) is 0 Å². The predicted molar refractivity (Wildman–Crippen MR) is 165 cm³/mol.